The number of carbonyl (C=O) groups is 1. The van der Waals surface area contributed by atoms with Crippen LogP contribution in [0.25, 0.3) is 10.9 Å². The normalized spacial score (nSPS) is 19.1. The lowest BCUT2D eigenvalue weighted by Gasteiger charge is -2.39. The van der Waals surface area contributed by atoms with Crippen LogP contribution in [0.3, 0.4) is 0 Å². The van der Waals surface area contributed by atoms with E-state index in [0.29, 0.717) is 5.69 Å². The highest BCUT2D eigenvalue weighted by molar-refractivity contribution is 5.93. The number of amides is 1. The third-order valence-corrected chi connectivity index (χ3v) is 5.67. The molecule has 1 atom stereocenters. The Morgan fingerprint density at radius 3 is 2.96 bits per heavy atom. The van der Waals surface area contributed by atoms with Crippen molar-refractivity contribution in [1.29, 1.82) is 0 Å². The Morgan fingerprint density at radius 1 is 1.20 bits per heavy atom. The molecule has 1 aromatic carbocycles. The van der Waals surface area contributed by atoms with E-state index in [1.54, 1.807) is 6.20 Å². The zero-order chi connectivity index (χ0) is 17.0. The van der Waals surface area contributed by atoms with Crippen molar-refractivity contribution in [2.24, 2.45) is 0 Å². The minimum atomic E-state index is 0.0612. The van der Waals surface area contributed by atoms with E-state index >= 15 is 0 Å². The Kier molecular flexibility index (Phi) is 3.20. The molecule has 4 heteroatoms. The van der Waals surface area contributed by atoms with Crippen LogP contribution in [-0.2, 0) is 13.0 Å². The van der Waals surface area contributed by atoms with Crippen molar-refractivity contribution in [2.75, 3.05) is 6.54 Å². The number of fused-ring (bicyclic) bond motifs is 3. The van der Waals surface area contributed by atoms with Gasteiger partial charge in [-0.2, -0.15) is 0 Å². The predicted octanol–water partition coefficient (Wildman–Crippen LogP) is 3.88. The van der Waals surface area contributed by atoms with Gasteiger partial charge in [0.2, 0.25) is 0 Å². The van der Waals surface area contributed by atoms with Crippen molar-refractivity contribution in [2.45, 2.75) is 38.8 Å². The minimum Gasteiger partial charge on any atom is -0.341 e. The van der Waals surface area contributed by atoms with E-state index in [1.807, 2.05) is 23.1 Å². The van der Waals surface area contributed by atoms with Crippen LogP contribution in [0.4, 0.5) is 0 Å². The molecule has 3 heterocycles. The summed E-state index contributed by atoms with van der Waals surface area (Å²) in [5, 5.41) is 1.38. The quantitative estimate of drug-likeness (QED) is 0.679. The maximum absolute atomic E-state index is 13.0. The second kappa shape index (κ2) is 5.45. The van der Waals surface area contributed by atoms with Gasteiger partial charge in [0, 0.05) is 35.9 Å². The summed E-state index contributed by atoms with van der Waals surface area (Å²) in [5.74, 6) is 0.0612. The maximum atomic E-state index is 13.0. The molecule has 25 heavy (non-hydrogen) atoms. The summed E-state index contributed by atoms with van der Waals surface area (Å²) in [7, 11) is 0. The molecule has 1 aliphatic carbocycles. The van der Waals surface area contributed by atoms with Crippen LogP contribution >= 0.6 is 0 Å². The number of hydrogen-bond acceptors (Lipinski definition) is 2. The fourth-order valence-corrected chi connectivity index (χ4v) is 4.60. The first-order valence-electron chi connectivity index (χ1n) is 9.07. The molecule has 0 radical (unpaired) electrons. The molecule has 0 fully saturated rings. The average Bonchev–Trinajstić information content (AvgIpc) is 2.97. The van der Waals surface area contributed by atoms with Crippen LogP contribution in [0, 0.1) is 6.92 Å². The summed E-state index contributed by atoms with van der Waals surface area (Å²) in [6.07, 6.45) is 4.99. The second-order valence-corrected chi connectivity index (χ2v) is 7.16. The summed E-state index contributed by atoms with van der Waals surface area (Å²) in [6, 6.07) is 12.5. The predicted molar refractivity (Wildman–Crippen MR) is 97.6 cm³/mol. The van der Waals surface area contributed by atoms with Crippen molar-refractivity contribution in [3.8, 4) is 0 Å². The number of hydrogen-bond donors (Lipinski definition) is 0. The highest BCUT2D eigenvalue weighted by atomic mass is 16.2. The molecule has 0 unspecified atom stereocenters. The molecule has 1 amide bonds. The first-order chi connectivity index (χ1) is 12.2. The SMILES string of the molecule is Cc1ccc2c(c1)c1c3n2CCN(C(=O)c2ccccn2)[C@@H]3CCC1. The number of rotatable bonds is 1. The Labute approximate surface area is 147 Å². The fraction of sp³-hybridized carbons (Fsp3) is 0.333. The van der Waals surface area contributed by atoms with Gasteiger partial charge in [0.05, 0.1) is 6.04 Å². The number of nitrogens with zero attached hydrogens (tertiary/aromatic N) is 3. The molecule has 0 saturated heterocycles. The number of carbonyl (C=O) groups excluding carboxylic acids is 1. The summed E-state index contributed by atoms with van der Waals surface area (Å²) in [4.78, 5) is 19.4. The molecule has 4 nitrogen and oxygen atoms in total. The topological polar surface area (TPSA) is 38.1 Å². The van der Waals surface area contributed by atoms with E-state index in [0.717, 1.165) is 32.4 Å². The second-order valence-electron chi connectivity index (χ2n) is 7.16. The molecule has 0 saturated carbocycles. The number of benzene rings is 1. The molecule has 1 aliphatic heterocycles. The van der Waals surface area contributed by atoms with E-state index in [2.05, 4.69) is 34.7 Å². The lowest BCUT2D eigenvalue weighted by Crippen LogP contribution is -2.43. The van der Waals surface area contributed by atoms with E-state index in [1.165, 1.54) is 27.7 Å². The van der Waals surface area contributed by atoms with Gasteiger partial charge in [0.25, 0.3) is 5.91 Å². The Bertz CT molecular complexity index is 974. The molecule has 0 N–H and O–H groups in total. The summed E-state index contributed by atoms with van der Waals surface area (Å²) >= 11 is 0. The van der Waals surface area contributed by atoms with Crippen molar-refractivity contribution in [3.63, 3.8) is 0 Å². The molecule has 126 valence electrons. The fourth-order valence-electron chi connectivity index (χ4n) is 4.60. The third-order valence-electron chi connectivity index (χ3n) is 5.67. The first kappa shape index (κ1) is 14.7. The van der Waals surface area contributed by atoms with Crippen LogP contribution in [-0.4, -0.2) is 26.9 Å². The first-order valence-corrected chi connectivity index (χ1v) is 9.07. The molecule has 3 aromatic rings. The average molecular weight is 331 g/mol. The van der Waals surface area contributed by atoms with Gasteiger partial charge < -0.3 is 9.47 Å². The van der Waals surface area contributed by atoms with Gasteiger partial charge in [-0.3, -0.25) is 9.78 Å². The van der Waals surface area contributed by atoms with Gasteiger partial charge in [-0.05, 0) is 56.0 Å². The third kappa shape index (κ3) is 2.13. The number of pyridine rings is 1. The molecule has 2 aliphatic rings. The van der Waals surface area contributed by atoms with E-state index < -0.39 is 0 Å². The van der Waals surface area contributed by atoms with Crippen LogP contribution < -0.4 is 0 Å². The van der Waals surface area contributed by atoms with Gasteiger partial charge in [-0.1, -0.05) is 17.7 Å². The van der Waals surface area contributed by atoms with E-state index in [9.17, 15) is 4.79 Å². The minimum absolute atomic E-state index is 0.0612. The van der Waals surface area contributed by atoms with Crippen molar-refractivity contribution < 1.29 is 4.79 Å². The lowest BCUT2D eigenvalue weighted by molar-refractivity contribution is 0.0595. The smallest absolute Gasteiger partial charge is 0.273 e. The van der Waals surface area contributed by atoms with Gasteiger partial charge in [0.15, 0.2) is 0 Å². The number of aromatic nitrogens is 2. The molecule has 0 bridgehead atoms. The maximum Gasteiger partial charge on any atom is 0.273 e. The Morgan fingerprint density at radius 2 is 2.12 bits per heavy atom. The van der Waals surface area contributed by atoms with Crippen molar-refractivity contribution >= 4 is 16.8 Å². The molecule has 5 rings (SSSR count). The largest absolute Gasteiger partial charge is 0.341 e. The Balaban J connectivity index is 1.64. The standard InChI is InChI=1S/C21H21N3O/c1-14-8-9-18-16(13-14)15-5-4-7-19-20(15)23(18)11-12-24(19)21(25)17-6-2-3-10-22-17/h2-3,6,8-10,13,19H,4-5,7,11-12H2,1H3/t19-/m1/s1. The molecular weight excluding hydrogens is 310 g/mol. The van der Waals surface area contributed by atoms with E-state index in [-0.39, 0.29) is 11.9 Å². The van der Waals surface area contributed by atoms with Gasteiger partial charge in [-0.15, -0.1) is 0 Å². The van der Waals surface area contributed by atoms with Gasteiger partial charge in [-0.25, -0.2) is 0 Å². The van der Waals surface area contributed by atoms with Gasteiger partial charge in [0.1, 0.15) is 5.69 Å². The number of aryl methyl sites for hydroxylation is 2. The summed E-state index contributed by atoms with van der Waals surface area (Å²) in [6.45, 7) is 3.77. The van der Waals surface area contributed by atoms with Crippen LogP contribution in [0.2, 0.25) is 0 Å². The van der Waals surface area contributed by atoms with Crippen molar-refractivity contribution in [3.05, 3.63) is 65.1 Å². The summed E-state index contributed by atoms with van der Waals surface area (Å²) in [5.41, 5.74) is 5.99. The van der Waals surface area contributed by atoms with Gasteiger partial charge >= 0.3 is 0 Å². The monoisotopic (exact) mass is 331 g/mol. The van der Waals surface area contributed by atoms with Crippen LogP contribution in [0.1, 0.15) is 46.2 Å². The molecular formula is C21H21N3O. The molecule has 0 spiro atoms. The lowest BCUT2D eigenvalue weighted by atomic mass is 9.89. The van der Waals surface area contributed by atoms with Crippen LogP contribution in [0.15, 0.2) is 42.6 Å². The zero-order valence-electron chi connectivity index (χ0n) is 14.4. The van der Waals surface area contributed by atoms with Crippen LogP contribution in [0.5, 0.6) is 0 Å². The Hall–Kier alpha value is -2.62. The molecule has 2 aromatic heterocycles. The highest BCUT2D eigenvalue weighted by Crippen LogP contribution is 2.43. The zero-order valence-corrected chi connectivity index (χ0v) is 14.4. The van der Waals surface area contributed by atoms with Crippen molar-refractivity contribution in [1.82, 2.24) is 14.5 Å². The van der Waals surface area contributed by atoms with E-state index in [4.69, 9.17) is 0 Å². The summed E-state index contributed by atoms with van der Waals surface area (Å²) < 4.78 is 2.45. The highest BCUT2D eigenvalue weighted by Gasteiger charge is 2.37.